The molecule has 1 aliphatic heterocycles. The number of furan rings is 1. The molecule has 0 aromatic carbocycles. The first-order valence-corrected chi connectivity index (χ1v) is 7.58. The van der Waals surface area contributed by atoms with Crippen molar-refractivity contribution < 1.29 is 9.21 Å². The van der Waals surface area contributed by atoms with Crippen molar-refractivity contribution in [3.05, 3.63) is 46.9 Å². The largest absolute Gasteiger partial charge is 0.467 e. The molecule has 0 saturated carbocycles. The maximum Gasteiger partial charge on any atom is 0.315 e. The van der Waals surface area contributed by atoms with Gasteiger partial charge in [-0.05, 0) is 25.0 Å². The van der Waals surface area contributed by atoms with E-state index in [1.807, 2.05) is 4.90 Å². The lowest BCUT2D eigenvalue weighted by molar-refractivity contribution is 0.233. The van der Waals surface area contributed by atoms with Gasteiger partial charge in [-0.2, -0.15) is 0 Å². The van der Waals surface area contributed by atoms with Crippen LogP contribution in [0.1, 0.15) is 18.6 Å². The van der Waals surface area contributed by atoms with Crippen LogP contribution in [0.5, 0.6) is 0 Å². The topological polar surface area (TPSA) is 103 Å². The van der Waals surface area contributed by atoms with E-state index < -0.39 is 0 Å². The highest BCUT2D eigenvalue weighted by Gasteiger charge is 2.23. The van der Waals surface area contributed by atoms with Gasteiger partial charge in [-0.25, -0.2) is 9.78 Å². The van der Waals surface area contributed by atoms with Crippen molar-refractivity contribution in [1.29, 1.82) is 0 Å². The second-order valence-corrected chi connectivity index (χ2v) is 5.43. The third-order valence-corrected chi connectivity index (χ3v) is 3.75. The van der Waals surface area contributed by atoms with Crippen molar-refractivity contribution in [1.82, 2.24) is 20.6 Å². The van der Waals surface area contributed by atoms with E-state index in [4.69, 9.17) is 4.42 Å². The molecule has 8 heteroatoms. The van der Waals surface area contributed by atoms with Gasteiger partial charge in [0.05, 0.1) is 12.8 Å². The first kappa shape index (κ1) is 15.1. The summed E-state index contributed by atoms with van der Waals surface area (Å²) in [4.78, 5) is 32.4. The molecule has 0 radical (unpaired) electrons. The summed E-state index contributed by atoms with van der Waals surface area (Å²) in [6, 6.07) is 3.30. The van der Waals surface area contributed by atoms with Crippen LogP contribution < -0.4 is 21.1 Å². The van der Waals surface area contributed by atoms with Gasteiger partial charge in [0.2, 0.25) is 0 Å². The van der Waals surface area contributed by atoms with E-state index in [2.05, 4.69) is 20.6 Å². The number of carbonyl (C=O) groups is 1. The monoisotopic (exact) mass is 317 g/mol. The van der Waals surface area contributed by atoms with Gasteiger partial charge in [-0.15, -0.1) is 0 Å². The third-order valence-electron chi connectivity index (χ3n) is 3.75. The average Bonchev–Trinajstić information content (AvgIpc) is 3.07. The zero-order valence-corrected chi connectivity index (χ0v) is 12.6. The minimum Gasteiger partial charge on any atom is -0.467 e. The molecule has 0 unspecified atom stereocenters. The van der Waals surface area contributed by atoms with Gasteiger partial charge >= 0.3 is 6.03 Å². The lowest BCUT2D eigenvalue weighted by Gasteiger charge is -2.33. The van der Waals surface area contributed by atoms with Crippen molar-refractivity contribution in [3.63, 3.8) is 0 Å². The van der Waals surface area contributed by atoms with Crippen molar-refractivity contribution >= 4 is 11.8 Å². The number of nitrogens with one attached hydrogen (secondary N) is 3. The van der Waals surface area contributed by atoms with E-state index in [-0.39, 0.29) is 17.6 Å². The van der Waals surface area contributed by atoms with Crippen LogP contribution in [-0.4, -0.2) is 35.1 Å². The van der Waals surface area contributed by atoms with Crippen LogP contribution in [-0.2, 0) is 6.54 Å². The summed E-state index contributed by atoms with van der Waals surface area (Å²) in [7, 11) is 0. The van der Waals surface area contributed by atoms with Gasteiger partial charge in [0.15, 0.2) is 5.82 Å². The number of H-pyrrole nitrogens is 1. The molecule has 1 saturated heterocycles. The molecular weight excluding hydrogens is 298 g/mol. The van der Waals surface area contributed by atoms with Crippen molar-refractivity contribution in [2.75, 3.05) is 18.0 Å². The van der Waals surface area contributed by atoms with Gasteiger partial charge in [0, 0.05) is 31.5 Å². The number of nitrogens with zero attached hydrogens (tertiary/aromatic N) is 2. The Morgan fingerprint density at radius 1 is 1.52 bits per heavy atom. The Morgan fingerprint density at radius 2 is 2.43 bits per heavy atom. The third kappa shape index (κ3) is 3.91. The molecule has 1 fully saturated rings. The van der Waals surface area contributed by atoms with Crippen LogP contribution in [0.25, 0.3) is 0 Å². The summed E-state index contributed by atoms with van der Waals surface area (Å²) in [6.07, 6.45) is 6.39. The number of hydrogen-bond donors (Lipinski definition) is 3. The number of hydrogen-bond acceptors (Lipinski definition) is 5. The molecule has 122 valence electrons. The molecule has 2 amide bonds. The van der Waals surface area contributed by atoms with Gasteiger partial charge in [0.1, 0.15) is 5.76 Å². The van der Waals surface area contributed by atoms with E-state index in [0.717, 1.165) is 19.4 Å². The molecule has 8 nitrogen and oxygen atoms in total. The predicted molar refractivity (Wildman–Crippen MR) is 84.2 cm³/mol. The Morgan fingerprint density at radius 3 is 3.22 bits per heavy atom. The summed E-state index contributed by atoms with van der Waals surface area (Å²) >= 11 is 0. The number of aromatic nitrogens is 2. The predicted octanol–water partition coefficient (Wildman–Crippen LogP) is 0.831. The van der Waals surface area contributed by atoms with Crippen LogP contribution in [0.4, 0.5) is 10.6 Å². The van der Waals surface area contributed by atoms with Gasteiger partial charge < -0.3 is 24.9 Å². The molecule has 2 aromatic heterocycles. The Kier molecular flexibility index (Phi) is 4.60. The summed E-state index contributed by atoms with van der Waals surface area (Å²) in [5, 5.41) is 5.68. The van der Waals surface area contributed by atoms with Crippen LogP contribution in [0.15, 0.2) is 40.0 Å². The van der Waals surface area contributed by atoms with Gasteiger partial charge in [-0.1, -0.05) is 0 Å². The minimum atomic E-state index is -0.247. The van der Waals surface area contributed by atoms with Crippen LogP contribution in [0, 0.1) is 0 Å². The van der Waals surface area contributed by atoms with Crippen molar-refractivity contribution in [2.24, 2.45) is 0 Å². The fourth-order valence-corrected chi connectivity index (χ4v) is 2.67. The van der Waals surface area contributed by atoms with E-state index in [9.17, 15) is 9.59 Å². The molecular formula is C15H19N5O3. The first-order valence-electron chi connectivity index (χ1n) is 7.58. The second kappa shape index (κ2) is 6.99. The molecule has 3 N–H and O–H groups in total. The Balaban J connectivity index is 1.53. The molecule has 0 spiro atoms. The Hall–Kier alpha value is -2.77. The molecule has 2 aromatic rings. The molecule has 0 aliphatic carbocycles. The van der Waals surface area contributed by atoms with Gasteiger partial charge in [0.25, 0.3) is 5.56 Å². The molecule has 1 aliphatic rings. The number of rotatable bonds is 4. The maximum absolute atomic E-state index is 12.0. The van der Waals surface area contributed by atoms with E-state index >= 15 is 0 Å². The lowest BCUT2D eigenvalue weighted by Crippen LogP contribution is -2.51. The highest BCUT2D eigenvalue weighted by molar-refractivity contribution is 5.74. The summed E-state index contributed by atoms with van der Waals surface area (Å²) in [5.74, 6) is 1.10. The quantitative estimate of drug-likeness (QED) is 0.775. The van der Waals surface area contributed by atoms with Crippen molar-refractivity contribution in [3.8, 4) is 0 Å². The van der Waals surface area contributed by atoms with E-state index in [0.29, 0.717) is 24.7 Å². The highest BCUT2D eigenvalue weighted by Crippen LogP contribution is 2.14. The summed E-state index contributed by atoms with van der Waals surface area (Å²) in [5.41, 5.74) is -0.213. The average molecular weight is 317 g/mol. The summed E-state index contributed by atoms with van der Waals surface area (Å²) < 4.78 is 5.16. The van der Waals surface area contributed by atoms with E-state index in [1.54, 1.807) is 24.6 Å². The number of aromatic amines is 1. The number of piperidine rings is 1. The number of amides is 2. The smallest absolute Gasteiger partial charge is 0.315 e. The Labute approximate surface area is 132 Å². The molecule has 3 heterocycles. The second-order valence-electron chi connectivity index (χ2n) is 5.43. The van der Waals surface area contributed by atoms with Gasteiger partial charge in [-0.3, -0.25) is 4.79 Å². The highest BCUT2D eigenvalue weighted by atomic mass is 16.3. The molecule has 1 atom stereocenters. The number of anilines is 1. The number of carbonyl (C=O) groups excluding carboxylic acids is 1. The standard InChI is InChI=1S/C15H19N5O3/c21-14-13(16-5-6-17-14)20-7-1-3-11(10-20)19-15(22)18-9-12-4-2-8-23-12/h2,4-6,8,11H,1,3,7,9-10H2,(H,17,21)(H2,18,19,22)/t11-/m1/s1. The lowest BCUT2D eigenvalue weighted by atomic mass is 10.1. The van der Waals surface area contributed by atoms with E-state index in [1.165, 1.54) is 6.20 Å². The maximum atomic E-state index is 12.0. The molecule has 3 rings (SSSR count). The van der Waals surface area contributed by atoms with Crippen molar-refractivity contribution in [2.45, 2.75) is 25.4 Å². The fourth-order valence-electron chi connectivity index (χ4n) is 2.67. The van der Waals surface area contributed by atoms with Crippen LogP contribution in [0.3, 0.4) is 0 Å². The Bertz CT molecular complexity index is 697. The number of urea groups is 1. The van der Waals surface area contributed by atoms with Crippen LogP contribution in [0.2, 0.25) is 0 Å². The first-order chi connectivity index (χ1) is 11.2. The summed E-state index contributed by atoms with van der Waals surface area (Å²) in [6.45, 7) is 1.66. The molecule has 0 bridgehead atoms. The molecule has 23 heavy (non-hydrogen) atoms. The zero-order chi connectivity index (χ0) is 16.1. The SMILES string of the molecule is O=C(NCc1ccco1)N[C@@H]1CCCN(c2ncc[nH]c2=O)C1. The minimum absolute atomic E-state index is 0.0262. The zero-order valence-electron chi connectivity index (χ0n) is 12.6. The normalized spacial score (nSPS) is 17.7. The fraction of sp³-hybridized carbons (Fsp3) is 0.400. The van der Waals surface area contributed by atoms with Crippen LogP contribution >= 0.6 is 0 Å².